The summed E-state index contributed by atoms with van der Waals surface area (Å²) in [6.07, 6.45) is 0. The van der Waals surface area contributed by atoms with Crippen molar-refractivity contribution in [3.63, 3.8) is 0 Å². The Kier molecular flexibility index (Phi) is 8.05. The molecule has 0 heterocycles. The van der Waals surface area contributed by atoms with Crippen LogP contribution in [0.3, 0.4) is 0 Å². The smallest absolute Gasteiger partial charge is 0.328 e. The highest BCUT2D eigenvalue weighted by molar-refractivity contribution is 7.89. The van der Waals surface area contributed by atoms with E-state index in [9.17, 15) is 18.0 Å². The zero-order valence-electron chi connectivity index (χ0n) is 15.6. The van der Waals surface area contributed by atoms with Crippen molar-refractivity contribution in [3.05, 3.63) is 28.8 Å². The lowest BCUT2D eigenvalue weighted by molar-refractivity contribution is -0.144. The molecule has 0 radical (unpaired) electrons. The number of nitrogens with zero attached hydrogens (tertiary/aromatic N) is 1. The fraction of sp³-hybridized carbons (Fsp3) is 0.529. The largest absolute Gasteiger partial charge is 0.467 e. The molecule has 0 spiro atoms. The summed E-state index contributed by atoms with van der Waals surface area (Å²) in [5.41, 5.74) is -0.0190. The van der Waals surface area contributed by atoms with E-state index >= 15 is 0 Å². The van der Waals surface area contributed by atoms with Crippen LogP contribution in [0.2, 0.25) is 5.02 Å². The van der Waals surface area contributed by atoms with Gasteiger partial charge in [-0.15, -0.1) is 0 Å². The fourth-order valence-electron chi connectivity index (χ4n) is 2.40. The van der Waals surface area contributed by atoms with Crippen molar-refractivity contribution >= 4 is 33.5 Å². The third-order valence-electron chi connectivity index (χ3n) is 3.93. The Morgan fingerprint density at radius 2 is 1.81 bits per heavy atom. The average Bonchev–Trinajstić information content (AvgIpc) is 2.59. The standard InChI is InChI=1S/C17H25ClN2O5S/c1-6-20(7-2)26(23,24)12-8-9-14(18)13(10-12)16(21)19-15(11(3)4)17(22)25-5/h8-11,15H,6-7H2,1-5H3,(H,19,21). The Bertz CT molecular complexity index is 760. The molecule has 0 saturated heterocycles. The minimum absolute atomic E-state index is 0.0190. The molecule has 1 atom stereocenters. The molecule has 0 aromatic heterocycles. The van der Waals surface area contributed by atoms with Crippen molar-refractivity contribution in [2.75, 3.05) is 20.2 Å². The monoisotopic (exact) mass is 404 g/mol. The van der Waals surface area contributed by atoms with Gasteiger partial charge >= 0.3 is 5.97 Å². The minimum Gasteiger partial charge on any atom is -0.467 e. The molecule has 146 valence electrons. The minimum atomic E-state index is -3.74. The topological polar surface area (TPSA) is 92.8 Å². The first kappa shape index (κ1) is 22.4. The normalized spacial score (nSPS) is 12.9. The quantitative estimate of drug-likeness (QED) is 0.671. The summed E-state index contributed by atoms with van der Waals surface area (Å²) in [7, 11) is -2.51. The molecule has 1 aromatic rings. The second-order valence-corrected chi connectivity index (χ2v) is 8.29. The van der Waals surface area contributed by atoms with Gasteiger partial charge in [0.25, 0.3) is 5.91 Å². The van der Waals surface area contributed by atoms with Gasteiger partial charge in [-0.05, 0) is 24.1 Å². The summed E-state index contributed by atoms with van der Waals surface area (Å²) in [5.74, 6) is -1.44. The third kappa shape index (κ3) is 4.96. The SMILES string of the molecule is CCN(CC)S(=O)(=O)c1ccc(Cl)c(C(=O)NC(C(=O)OC)C(C)C)c1. The Morgan fingerprint density at radius 3 is 2.27 bits per heavy atom. The van der Waals surface area contributed by atoms with E-state index in [-0.39, 0.29) is 21.4 Å². The third-order valence-corrected chi connectivity index (χ3v) is 6.31. The van der Waals surface area contributed by atoms with Crippen LogP contribution in [0, 0.1) is 5.92 Å². The molecule has 1 amide bonds. The maximum atomic E-state index is 12.6. The molecule has 1 N–H and O–H groups in total. The Balaban J connectivity index is 3.25. The van der Waals surface area contributed by atoms with E-state index in [1.54, 1.807) is 27.7 Å². The summed E-state index contributed by atoms with van der Waals surface area (Å²) < 4.78 is 31.3. The molecule has 0 aliphatic carbocycles. The first-order chi connectivity index (χ1) is 12.1. The lowest BCUT2D eigenvalue weighted by Gasteiger charge is -2.21. The van der Waals surface area contributed by atoms with Crippen LogP contribution in [-0.4, -0.2) is 50.8 Å². The van der Waals surface area contributed by atoms with E-state index in [2.05, 4.69) is 5.32 Å². The van der Waals surface area contributed by atoms with Crippen molar-refractivity contribution < 1.29 is 22.7 Å². The summed E-state index contributed by atoms with van der Waals surface area (Å²) in [6, 6.07) is 3.06. The lowest BCUT2D eigenvalue weighted by Crippen LogP contribution is -2.45. The van der Waals surface area contributed by atoms with Crippen molar-refractivity contribution in [2.24, 2.45) is 5.92 Å². The number of ether oxygens (including phenoxy) is 1. The van der Waals surface area contributed by atoms with Crippen molar-refractivity contribution in [3.8, 4) is 0 Å². The highest BCUT2D eigenvalue weighted by atomic mass is 35.5. The van der Waals surface area contributed by atoms with E-state index in [1.165, 1.54) is 29.6 Å². The zero-order valence-corrected chi connectivity index (χ0v) is 17.1. The molecule has 0 saturated carbocycles. The highest BCUT2D eigenvalue weighted by Gasteiger charge is 2.28. The van der Waals surface area contributed by atoms with E-state index in [0.717, 1.165) is 0 Å². The van der Waals surface area contributed by atoms with Gasteiger partial charge in [0.2, 0.25) is 10.0 Å². The molecule has 0 aliphatic heterocycles. The molecule has 9 heteroatoms. The van der Waals surface area contributed by atoms with Gasteiger partial charge in [0.05, 0.1) is 22.6 Å². The lowest BCUT2D eigenvalue weighted by atomic mass is 10.0. The van der Waals surface area contributed by atoms with Crippen molar-refractivity contribution in [1.82, 2.24) is 9.62 Å². The van der Waals surface area contributed by atoms with Crippen LogP contribution in [0.1, 0.15) is 38.1 Å². The van der Waals surface area contributed by atoms with Crippen molar-refractivity contribution in [2.45, 2.75) is 38.6 Å². The van der Waals surface area contributed by atoms with Crippen LogP contribution in [0.5, 0.6) is 0 Å². The number of rotatable bonds is 8. The number of methoxy groups -OCH3 is 1. The van der Waals surface area contributed by atoms with Crippen LogP contribution in [0.15, 0.2) is 23.1 Å². The highest BCUT2D eigenvalue weighted by Crippen LogP contribution is 2.23. The summed E-state index contributed by atoms with van der Waals surface area (Å²) in [4.78, 5) is 24.4. The second kappa shape index (κ2) is 9.34. The summed E-state index contributed by atoms with van der Waals surface area (Å²) in [5, 5.41) is 2.64. The van der Waals surface area contributed by atoms with E-state index < -0.39 is 27.9 Å². The number of nitrogens with one attached hydrogen (secondary N) is 1. The molecule has 1 aromatic carbocycles. The molecule has 0 bridgehead atoms. The number of esters is 1. The van der Waals surface area contributed by atoms with Crippen LogP contribution in [0.25, 0.3) is 0 Å². The van der Waals surface area contributed by atoms with E-state index in [4.69, 9.17) is 16.3 Å². The van der Waals surface area contributed by atoms with Crippen LogP contribution in [-0.2, 0) is 19.6 Å². The number of hydrogen-bond donors (Lipinski definition) is 1. The average molecular weight is 405 g/mol. The number of halogens is 1. The van der Waals surface area contributed by atoms with Gasteiger partial charge in [0, 0.05) is 13.1 Å². The van der Waals surface area contributed by atoms with Crippen LogP contribution in [0.4, 0.5) is 0 Å². The van der Waals surface area contributed by atoms with Gasteiger partial charge in [0.15, 0.2) is 0 Å². The molecule has 0 aliphatic rings. The van der Waals surface area contributed by atoms with Crippen LogP contribution < -0.4 is 5.32 Å². The fourth-order valence-corrected chi connectivity index (χ4v) is 4.08. The zero-order chi connectivity index (χ0) is 20.1. The number of benzene rings is 1. The number of hydrogen-bond acceptors (Lipinski definition) is 5. The first-order valence-corrected chi connectivity index (χ1v) is 10.1. The molecule has 1 unspecified atom stereocenters. The summed E-state index contributed by atoms with van der Waals surface area (Å²) in [6.45, 7) is 7.58. The predicted octanol–water partition coefficient (Wildman–Crippen LogP) is 2.30. The van der Waals surface area contributed by atoms with Gasteiger partial charge in [-0.2, -0.15) is 4.31 Å². The van der Waals surface area contributed by atoms with E-state index in [0.29, 0.717) is 13.1 Å². The number of carbonyl (C=O) groups is 2. The Morgan fingerprint density at radius 1 is 1.23 bits per heavy atom. The summed E-state index contributed by atoms with van der Waals surface area (Å²) >= 11 is 6.08. The molecular weight excluding hydrogens is 380 g/mol. The predicted molar refractivity (Wildman–Crippen MR) is 99.7 cm³/mol. The van der Waals surface area contributed by atoms with E-state index in [1.807, 2.05) is 0 Å². The van der Waals surface area contributed by atoms with Gasteiger partial charge in [-0.25, -0.2) is 13.2 Å². The molecular formula is C17H25ClN2O5S. The maximum Gasteiger partial charge on any atom is 0.328 e. The van der Waals surface area contributed by atoms with Gasteiger partial charge < -0.3 is 10.1 Å². The second-order valence-electron chi connectivity index (χ2n) is 5.95. The molecule has 26 heavy (non-hydrogen) atoms. The van der Waals surface area contributed by atoms with Gasteiger partial charge in [-0.3, -0.25) is 4.79 Å². The Hall–Kier alpha value is -1.64. The van der Waals surface area contributed by atoms with Gasteiger partial charge in [-0.1, -0.05) is 39.3 Å². The van der Waals surface area contributed by atoms with Crippen LogP contribution >= 0.6 is 11.6 Å². The first-order valence-electron chi connectivity index (χ1n) is 8.28. The number of carbonyl (C=O) groups excluding carboxylic acids is 2. The molecule has 0 fully saturated rings. The van der Waals surface area contributed by atoms with Crippen molar-refractivity contribution in [1.29, 1.82) is 0 Å². The number of sulfonamides is 1. The number of amides is 1. The Labute approximate surface area is 159 Å². The molecule has 7 nitrogen and oxygen atoms in total. The molecule has 1 rings (SSSR count). The van der Waals surface area contributed by atoms with Gasteiger partial charge in [0.1, 0.15) is 6.04 Å². The maximum absolute atomic E-state index is 12.6.